The van der Waals surface area contributed by atoms with Gasteiger partial charge in [-0.2, -0.15) is 5.10 Å². The van der Waals surface area contributed by atoms with E-state index in [1.165, 1.54) is 12.7 Å². The van der Waals surface area contributed by atoms with Crippen LogP contribution in [0, 0.1) is 18.3 Å². The molecule has 2 aliphatic rings. The van der Waals surface area contributed by atoms with Gasteiger partial charge in [0.1, 0.15) is 0 Å². The first-order valence-electron chi connectivity index (χ1n) is 8.06. The summed E-state index contributed by atoms with van der Waals surface area (Å²) in [4.78, 5) is 23.5. The van der Waals surface area contributed by atoms with Crippen LogP contribution in [-0.2, 0) is 16.0 Å². The molecule has 0 radical (unpaired) electrons. The van der Waals surface area contributed by atoms with E-state index in [1.807, 2.05) is 6.92 Å². The number of hydrogen-bond acceptors (Lipinski definition) is 4. The molecule has 1 fully saturated rings. The Labute approximate surface area is 131 Å². The van der Waals surface area contributed by atoms with E-state index in [9.17, 15) is 9.59 Å². The molecule has 3 rings (SSSR count). The topological polar surface area (TPSA) is 61.2 Å². The number of nitrogens with zero attached hydrogens (tertiary/aromatic N) is 2. The Morgan fingerprint density at radius 3 is 2.68 bits per heavy atom. The summed E-state index contributed by atoms with van der Waals surface area (Å²) in [6.45, 7) is 6.62. The minimum atomic E-state index is -0.217. The van der Waals surface area contributed by atoms with E-state index in [0.29, 0.717) is 42.9 Å². The molecule has 1 aromatic heterocycles. The van der Waals surface area contributed by atoms with Gasteiger partial charge in [0.25, 0.3) is 0 Å². The molecule has 120 valence electrons. The third kappa shape index (κ3) is 2.27. The molecule has 0 aliphatic heterocycles. The lowest BCUT2D eigenvalue weighted by atomic mass is 9.98. The van der Waals surface area contributed by atoms with Gasteiger partial charge in [0, 0.05) is 18.4 Å². The molecule has 0 amide bonds. The SMILES string of the molecule is COC(=O)CCCCC(=O)n1nc(C)c2c1C[C@@H]1[C@H]2C1(C)C. The van der Waals surface area contributed by atoms with Crippen molar-refractivity contribution in [3.8, 4) is 0 Å². The van der Waals surface area contributed by atoms with Crippen molar-refractivity contribution in [2.24, 2.45) is 11.3 Å². The number of hydrogen-bond donors (Lipinski definition) is 0. The van der Waals surface area contributed by atoms with Crippen LogP contribution < -0.4 is 0 Å². The van der Waals surface area contributed by atoms with Crippen molar-refractivity contribution in [1.29, 1.82) is 0 Å². The third-order valence-electron chi connectivity index (χ3n) is 5.47. The van der Waals surface area contributed by atoms with Gasteiger partial charge in [-0.1, -0.05) is 13.8 Å². The number of esters is 1. The van der Waals surface area contributed by atoms with Crippen molar-refractivity contribution in [2.45, 2.75) is 58.8 Å². The van der Waals surface area contributed by atoms with E-state index in [1.54, 1.807) is 4.68 Å². The van der Waals surface area contributed by atoms with Crippen LogP contribution in [0.25, 0.3) is 0 Å². The Kier molecular flexibility index (Phi) is 3.62. The molecule has 1 aromatic rings. The van der Waals surface area contributed by atoms with Crippen LogP contribution in [0.2, 0.25) is 0 Å². The molecule has 0 aromatic carbocycles. The number of aromatic nitrogens is 2. The van der Waals surface area contributed by atoms with Crippen molar-refractivity contribution in [1.82, 2.24) is 9.78 Å². The van der Waals surface area contributed by atoms with Gasteiger partial charge < -0.3 is 4.74 Å². The summed E-state index contributed by atoms with van der Waals surface area (Å²) in [5.74, 6) is 1.10. The number of rotatable bonds is 5. The second-order valence-corrected chi connectivity index (χ2v) is 7.14. The molecule has 0 N–H and O–H groups in total. The zero-order chi connectivity index (χ0) is 16.1. The van der Waals surface area contributed by atoms with E-state index < -0.39 is 0 Å². The maximum Gasteiger partial charge on any atom is 0.305 e. The van der Waals surface area contributed by atoms with E-state index in [-0.39, 0.29) is 11.9 Å². The van der Waals surface area contributed by atoms with Crippen molar-refractivity contribution in [3.63, 3.8) is 0 Å². The molecule has 2 atom stereocenters. The molecule has 1 saturated carbocycles. The standard InChI is InChI=1S/C17H24N2O3/c1-10-15-12(9-11-16(15)17(11,2)3)19(18-10)13(20)7-5-6-8-14(21)22-4/h11,16H,5-9H2,1-4H3/t11-,16-/m1/s1. The zero-order valence-corrected chi connectivity index (χ0v) is 13.8. The first kappa shape index (κ1) is 15.3. The lowest BCUT2D eigenvalue weighted by molar-refractivity contribution is -0.140. The van der Waals surface area contributed by atoms with Gasteiger partial charge >= 0.3 is 5.97 Å². The summed E-state index contributed by atoms with van der Waals surface area (Å²) in [7, 11) is 1.39. The Hall–Kier alpha value is -1.65. The lowest BCUT2D eigenvalue weighted by Crippen LogP contribution is -2.16. The van der Waals surface area contributed by atoms with Crippen molar-refractivity contribution in [3.05, 3.63) is 17.0 Å². The molecule has 0 saturated heterocycles. The molecular weight excluding hydrogens is 280 g/mol. The number of unbranched alkanes of at least 4 members (excludes halogenated alkanes) is 1. The zero-order valence-electron chi connectivity index (χ0n) is 13.8. The average Bonchev–Trinajstić information content (AvgIpc) is 2.85. The Bertz CT molecular complexity index is 630. The van der Waals surface area contributed by atoms with Crippen LogP contribution in [0.3, 0.4) is 0 Å². The smallest absolute Gasteiger partial charge is 0.305 e. The highest BCUT2D eigenvalue weighted by Crippen LogP contribution is 2.70. The van der Waals surface area contributed by atoms with Gasteiger partial charge in [0.05, 0.1) is 18.5 Å². The second-order valence-electron chi connectivity index (χ2n) is 7.14. The molecule has 0 spiro atoms. The average molecular weight is 304 g/mol. The molecule has 5 nitrogen and oxygen atoms in total. The second kappa shape index (κ2) is 5.21. The summed E-state index contributed by atoms with van der Waals surface area (Å²) in [5.41, 5.74) is 3.83. The molecule has 22 heavy (non-hydrogen) atoms. The highest BCUT2D eigenvalue weighted by Gasteiger charge is 2.63. The molecule has 0 bridgehead atoms. The van der Waals surface area contributed by atoms with E-state index in [0.717, 1.165) is 17.8 Å². The minimum Gasteiger partial charge on any atom is -0.469 e. The number of aryl methyl sites for hydroxylation is 1. The molecule has 5 heteroatoms. The highest BCUT2D eigenvalue weighted by atomic mass is 16.5. The van der Waals surface area contributed by atoms with Gasteiger partial charge in [-0.05, 0) is 43.4 Å². The number of ether oxygens (including phenoxy) is 1. The fourth-order valence-electron chi connectivity index (χ4n) is 4.05. The normalized spacial score (nSPS) is 23.8. The van der Waals surface area contributed by atoms with Gasteiger partial charge in [0.15, 0.2) is 0 Å². The summed E-state index contributed by atoms with van der Waals surface area (Å²) >= 11 is 0. The minimum absolute atomic E-state index is 0.0494. The maximum absolute atomic E-state index is 12.4. The van der Waals surface area contributed by atoms with Crippen LogP contribution in [0.1, 0.15) is 67.2 Å². The number of carbonyl (C=O) groups is 2. The summed E-state index contributed by atoms with van der Waals surface area (Å²) in [6, 6.07) is 0. The summed E-state index contributed by atoms with van der Waals surface area (Å²) < 4.78 is 6.23. The Morgan fingerprint density at radius 1 is 1.32 bits per heavy atom. The van der Waals surface area contributed by atoms with Gasteiger partial charge in [-0.15, -0.1) is 0 Å². The number of carbonyl (C=O) groups excluding carboxylic acids is 2. The summed E-state index contributed by atoms with van der Waals surface area (Å²) in [5, 5.41) is 4.48. The highest BCUT2D eigenvalue weighted by molar-refractivity contribution is 5.79. The summed E-state index contributed by atoms with van der Waals surface area (Å²) in [6.07, 6.45) is 3.16. The molecule has 1 heterocycles. The van der Waals surface area contributed by atoms with Gasteiger partial charge in [-0.25, -0.2) is 4.68 Å². The Balaban J connectivity index is 1.62. The predicted molar refractivity (Wildman–Crippen MR) is 81.8 cm³/mol. The monoisotopic (exact) mass is 304 g/mol. The van der Waals surface area contributed by atoms with E-state index >= 15 is 0 Å². The first-order valence-corrected chi connectivity index (χ1v) is 8.06. The van der Waals surface area contributed by atoms with Crippen LogP contribution in [-0.4, -0.2) is 28.8 Å². The largest absolute Gasteiger partial charge is 0.469 e. The van der Waals surface area contributed by atoms with E-state index in [2.05, 4.69) is 23.7 Å². The van der Waals surface area contributed by atoms with Crippen molar-refractivity contribution < 1.29 is 14.3 Å². The molecular formula is C17H24N2O3. The molecule has 2 aliphatic carbocycles. The fraction of sp³-hybridized carbons (Fsp3) is 0.706. The van der Waals surface area contributed by atoms with E-state index in [4.69, 9.17) is 0 Å². The number of methoxy groups -OCH3 is 1. The third-order valence-corrected chi connectivity index (χ3v) is 5.47. The predicted octanol–water partition coefficient (Wildman–Crippen LogP) is 2.86. The lowest BCUT2D eigenvalue weighted by Gasteiger charge is -2.10. The fourth-order valence-corrected chi connectivity index (χ4v) is 4.05. The quantitative estimate of drug-likeness (QED) is 0.620. The van der Waals surface area contributed by atoms with Gasteiger partial charge in [0.2, 0.25) is 5.91 Å². The van der Waals surface area contributed by atoms with Crippen LogP contribution in [0.15, 0.2) is 0 Å². The van der Waals surface area contributed by atoms with Crippen LogP contribution in [0.5, 0.6) is 0 Å². The van der Waals surface area contributed by atoms with Crippen LogP contribution >= 0.6 is 0 Å². The van der Waals surface area contributed by atoms with Crippen molar-refractivity contribution >= 4 is 11.9 Å². The molecule has 0 unspecified atom stereocenters. The Morgan fingerprint density at radius 2 is 2.00 bits per heavy atom. The van der Waals surface area contributed by atoms with Gasteiger partial charge in [-0.3, -0.25) is 9.59 Å². The first-order chi connectivity index (χ1) is 10.4. The number of fused-ring (bicyclic) bond motifs is 3. The van der Waals surface area contributed by atoms with Crippen LogP contribution in [0.4, 0.5) is 0 Å². The maximum atomic E-state index is 12.4. The van der Waals surface area contributed by atoms with Crippen molar-refractivity contribution in [2.75, 3.05) is 7.11 Å².